The minimum absolute atomic E-state index is 0.0210. The molecule has 0 unspecified atom stereocenters. The molecule has 9 heteroatoms. The number of hydrogen-bond donors (Lipinski definition) is 2. The van der Waals surface area contributed by atoms with Gasteiger partial charge in [-0.05, 0) is 30.5 Å². The van der Waals surface area contributed by atoms with E-state index in [0.717, 1.165) is 0 Å². The first-order valence-electron chi connectivity index (χ1n) is 7.00. The van der Waals surface area contributed by atoms with Crippen molar-refractivity contribution in [1.29, 1.82) is 0 Å². The Hall–Kier alpha value is -1.93. The van der Waals surface area contributed by atoms with Gasteiger partial charge in [0.1, 0.15) is 5.69 Å². The maximum atomic E-state index is 13.1. The number of halogens is 5. The highest BCUT2D eigenvalue weighted by atomic mass is 19.4. The highest BCUT2D eigenvalue weighted by Crippen LogP contribution is 2.40. The molecule has 1 fully saturated rings. The second kappa shape index (κ2) is 6.29. The van der Waals surface area contributed by atoms with Crippen molar-refractivity contribution in [3.05, 3.63) is 29.6 Å². The molecule has 1 heterocycles. The molecule has 0 atom stereocenters. The van der Waals surface area contributed by atoms with E-state index < -0.39 is 35.8 Å². The van der Waals surface area contributed by atoms with Crippen molar-refractivity contribution in [1.82, 2.24) is 15.6 Å². The zero-order chi connectivity index (χ0) is 17.3. The number of amides is 2. The minimum atomic E-state index is -4.23. The number of nitrogens with one attached hydrogen (secondary N) is 2. The van der Waals surface area contributed by atoms with Crippen LogP contribution in [0.1, 0.15) is 31.0 Å². The van der Waals surface area contributed by atoms with Gasteiger partial charge in [-0.1, -0.05) is 0 Å². The second-order valence-electron chi connectivity index (χ2n) is 5.67. The summed E-state index contributed by atoms with van der Waals surface area (Å²) in [5.74, 6) is -4.46. The third-order valence-corrected chi connectivity index (χ3v) is 3.66. The van der Waals surface area contributed by atoms with Gasteiger partial charge in [0.15, 0.2) is 0 Å². The largest absolute Gasteiger partial charge is 0.391 e. The molecule has 0 spiro atoms. The van der Waals surface area contributed by atoms with Crippen molar-refractivity contribution >= 4 is 6.03 Å². The van der Waals surface area contributed by atoms with Gasteiger partial charge in [-0.3, -0.25) is 4.98 Å². The summed E-state index contributed by atoms with van der Waals surface area (Å²) >= 11 is 0. The van der Waals surface area contributed by atoms with Crippen LogP contribution >= 0.6 is 0 Å². The lowest BCUT2D eigenvalue weighted by molar-refractivity contribution is -0.198. The Morgan fingerprint density at radius 3 is 2.52 bits per heavy atom. The SMILES string of the molecule is CC(F)(F)c1cc(CNC(=O)NC2CC(C(F)(F)F)C2)ccn1. The van der Waals surface area contributed by atoms with E-state index in [9.17, 15) is 26.7 Å². The van der Waals surface area contributed by atoms with Crippen LogP contribution in [0.4, 0.5) is 26.7 Å². The predicted octanol–water partition coefficient (Wildman–Crippen LogP) is 3.33. The van der Waals surface area contributed by atoms with Gasteiger partial charge in [0.25, 0.3) is 5.92 Å². The summed E-state index contributed by atoms with van der Waals surface area (Å²) in [6.07, 6.45) is -3.30. The molecule has 2 N–H and O–H groups in total. The molecule has 1 aromatic rings. The van der Waals surface area contributed by atoms with Crippen LogP contribution in [0.5, 0.6) is 0 Å². The van der Waals surface area contributed by atoms with Crippen LogP contribution in [0.2, 0.25) is 0 Å². The molecule has 0 aliphatic heterocycles. The van der Waals surface area contributed by atoms with E-state index in [2.05, 4.69) is 15.6 Å². The molecule has 0 saturated heterocycles. The molecular formula is C14H16F5N3O. The molecule has 1 saturated carbocycles. The number of aromatic nitrogens is 1. The second-order valence-corrected chi connectivity index (χ2v) is 5.67. The van der Waals surface area contributed by atoms with Crippen LogP contribution in [-0.2, 0) is 12.5 Å². The average Bonchev–Trinajstić information content (AvgIpc) is 2.38. The fourth-order valence-electron chi connectivity index (χ4n) is 2.25. The summed E-state index contributed by atoms with van der Waals surface area (Å²) in [6.45, 7) is 0.694. The van der Waals surface area contributed by atoms with E-state index in [0.29, 0.717) is 12.5 Å². The summed E-state index contributed by atoms with van der Waals surface area (Å²) in [5, 5.41) is 4.85. The van der Waals surface area contributed by atoms with Crippen LogP contribution in [0.3, 0.4) is 0 Å². The number of pyridine rings is 1. The summed E-state index contributed by atoms with van der Waals surface area (Å²) in [4.78, 5) is 15.1. The van der Waals surface area contributed by atoms with Crippen LogP contribution < -0.4 is 10.6 Å². The maximum Gasteiger partial charge on any atom is 0.391 e. The lowest BCUT2D eigenvalue weighted by Crippen LogP contribution is -2.51. The summed E-state index contributed by atoms with van der Waals surface area (Å²) in [7, 11) is 0. The first-order chi connectivity index (χ1) is 10.6. The van der Waals surface area contributed by atoms with Crippen molar-refractivity contribution in [2.45, 2.75) is 44.5 Å². The molecule has 4 nitrogen and oxygen atoms in total. The summed E-state index contributed by atoms with van der Waals surface area (Å²) in [6, 6.07) is 1.49. The minimum Gasteiger partial charge on any atom is -0.335 e. The molecule has 128 valence electrons. The molecule has 1 aliphatic carbocycles. The smallest absolute Gasteiger partial charge is 0.335 e. The number of hydrogen-bond acceptors (Lipinski definition) is 2. The van der Waals surface area contributed by atoms with Crippen molar-refractivity contribution in [2.24, 2.45) is 5.92 Å². The quantitative estimate of drug-likeness (QED) is 0.828. The van der Waals surface area contributed by atoms with Gasteiger partial charge in [-0.2, -0.15) is 22.0 Å². The number of nitrogens with zero attached hydrogens (tertiary/aromatic N) is 1. The first-order valence-corrected chi connectivity index (χ1v) is 7.00. The van der Waals surface area contributed by atoms with Crippen LogP contribution in [0.25, 0.3) is 0 Å². The Balaban J connectivity index is 1.78. The topological polar surface area (TPSA) is 54.0 Å². The monoisotopic (exact) mass is 337 g/mol. The van der Waals surface area contributed by atoms with Crippen LogP contribution in [-0.4, -0.2) is 23.2 Å². The lowest BCUT2D eigenvalue weighted by atomic mass is 9.80. The molecule has 1 aliphatic rings. The molecule has 0 radical (unpaired) electrons. The van der Waals surface area contributed by atoms with E-state index in [4.69, 9.17) is 0 Å². The molecule has 1 aromatic heterocycles. The molecule has 2 rings (SSSR count). The van der Waals surface area contributed by atoms with Gasteiger partial charge in [-0.25, -0.2) is 4.79 Å². The summed E-state index contributed by atoms with van der Waals surface area (Å²) in [5.41, 5.74) is 0.0117. The predicted molar refractivity (Wildman–Crippen MR) is 71.7 cm³/mol. The standard InChI is InChI=1S/C14H16F5N3O/c1-13(15,16)11-4-8(2-3-20-11)7-21-12(23)22-10-5-9(6-10)14(17,18)19/h2-4,9-10H,5-7H2,1H3,(H2,21,22,23). The zero-order valence-electron chi connectivity index (χ0n) is 12.3. The van der Waals surface area contributed by atoms with Gasteiger partial charge in [0, 0.05) is 25.7 Å². The van der Waals surface area contributed by atoms with Crippen molar-refractivity contribution in [3.8, 4) is 0 Å². The number of carbonyl (C=O) groups excluding carboxylic acids is 1. The molecule has 23 heavy (non-hydrogen) atoms. The van der Waals surface area contributed by atoms with Gasteiger partial charge in [0.2, 0.25) is 0 Å². The third kappa shape index (κ3) is 4.77. The lowest BCUT2D eigenvalue weighted by Gasteiger charge is -2.36. The van der Waals surface area contributed by atoms with Crippen LogP contribution in [0, 0.1) is 5.92 Å². The van der Waals surface area contributed by atoms with Gasteiger partial charge < -0.3 is 10.6 Å². The van der Waals surface area contributed by atoms with Gasteiger partial charge in [0.05, 0.1) is 5.92 Å². The highest BCUT2D eigenvalue weighted by molar-refractivity contribution is 5.74. The van der Waals surface area contributed by atoms with Crippen molar-refractivity contribution in [2.75, 3.05) is 0 Å². The molecule has 0 bridgehead atoms. The Kier molecular flexibility index (Phi) is 4.76. The Bertz CT molecular complexity index is 564. The number of carbonyl (C=O) groups is 1. The number of rotatable bonds is 4. The normalized spacial score (nSPS) is 21.5. The fraction of sp³-hybridized carbons (Fsp3) is 0.571. The zero-order valence-corrected chi connectivity index (χ0v) is 12.3. The van der Waals surface area contributed by atoms with Crippen molar-refractivity contribution < 1.29 is 26.7 Å². The van der Waals surface area contributed by atoms with E-state index in [-0.39, 0.29) is 19.4 Å². The number of alkyl halides is 5. The fourth-order valence-corrected chi connectivity index (χ4v) is 2.25. The van der Waals surface area contributed by atoms with Crippen LogP contribution in [0.15, 0.2) is 18.3 Å². The van der Waals surface area contributed by atoms with E-state index >= 15 is 0 Å². The van der Waals surface area contributed by atoms with E-state index in [1.54, 1.807) is 0 Å². The van der Waals surface area contributed by atoms with E-state index in [1.807, 2.05) is 0 Å². The van der Waals surface area contributed by atoms with Gasteiger partial charge >= 0.3 is 12.2 Å². The highest BCUT2D eigenvalue weighted by Gasteiger charge is 2.48. The molecule has 2 amide bonds. The molecule has 0 aromatic carbocycles. The Morgan fingerprint density at radius 1 is 1.30 bits per heavy atom. The maximum absolute atomic E-state index is 13.1. The van der Waals surface area contributed by atoms with Gasteiger partial charge in [-0.15, -0.1) is 0 Å². The Labute approximate surface area is 129 Å². The molecular weight excluding hydrogens is 321 g/mol. The third-order valence-electron chi connectivity index (χ3n) is 3.66. The van der Waals surface area contributed by atoms with Crippen molar-refractivity contribution in [3.63, 3.8) is 0 Å². The Morgan fingerprint density at radius 2 is 1.96 bits per heavy atom. The average molecular weight is 337 g/mol. The summed E-state index contributed by atoms with van der Waals surface area (Å²) < 4.78 is 63.2. The first kappa shape index (κ1) is 17.4. The number of urea groups is 1. The van der Waals surface area contributed by atoms with E-state index in [1.165, 1.54) is 18.3 Å².